The Hall–Kier alpha value is -1.87. The molecule has 106 valence electrons. The highest BCUT2D eigenvalue weighted by molar-refractivity contribution is 7.15. The number of tetrazole rings is 1. The zero-order valence-corrected chi connectivity index (χ0v) is 11.9. The maximum absolute atomic E-state index is 11.0. The van der Waals surface area contributed by atoms with Gasteiger partial charge in [-0.1, -0.05) is 0 Å². The fraction of sp³-hybridized carbons (Fsp3) is 0.545. The summed E-state index contributed by atoms with van der Waals surface area (Å²) in [6.07, 6.45) is 2.67. The van der Waals surface area contributed by atoms with Crippen molar-refractivity contribution in [3.8, 4) is 0 Å². The second kappa shape index (κ2) is 5.63. The number of hydrogen-bond donors (Lipinski definition) is 1. The Labute approximate surface area is 119 Å². The van der Waals surface area contributed by atoms with Gasteiger partial charge in [0.2, 0.25) is 5.91 Å². The molecule has 20 heavy (non-hydrogen) atoms. The van der Waals surface area contributed by atoms with Gasteiger partial charge in [-0.25, -0.2) is 9.67 Å². The van der Waals surface area contributed by atoms with E-state index in [0.29, 0.717) is 5.13 Å². The molecule has 2 aromatic rings. The topological polar surface area (TPSA) is 88.8 Å². The highest BCUT2D eigenvalue weighted by Gasteiger charge is 2.16. The van der Waals surface area contributed by atoms with Crippen LogP contribution in [0.3, 0.4) is 0 Å². The number of rotatable bonds is 3. The van der Waals surface area contributed by atoms with E-state index in [4.69, 9.17) is 0 Å². The van der Waals surface area contributed by atoms with Crippen LogP contribution in [0.15, 0.2) is 6.20 Å². The minimum Gasteiger partial charge on any atom is -0.302 e. The lowest BCUT2D eigenvalue weighted by Gasteiger charge is -2.17. The Morgan fingerprint density at radius 1 is 1.45 bits per heavy atom. The van der Waals surface area contributed by atoms with Gasteiger partial charge in [-0.2, -0.15) is 0 Å². The van der Waals surface area contributed by atoms with Gasteiger partial charge in [-0.05, 0) is 10.4 Å². The standard InChI is InChI=1S/C11H15N7OS/c1-8(19)13-11-12-6-9(20-11)7-17-3-2-10-14-15-16-18(10)5-4-17/h6H,2-5,7H2,1H3,(H,12,13,19). The zero-order valence-electron chi connectivity index (χ0n) is 11.1. The van der Waals surface area contributed by atoms with E-state index in [0.717, 1.165) is 43.3 Å². The molecule has 0 spiro atoms. The summed E-state index contributed by atoms with van der Waals surface area (Å²) in [6, 6.07) is 0. The molecule has 0 aliphatic carbocycles. The summed E-state index contributed by atoms with van der Waals surface area (Å²) < 4.78 is 1.86. The van der Waals surface area contributed by atoms with Gasteiger partial charge < -0.3 is 5.32 Å². The molecule has 1 aliphatic heterocycles. The molecule has 0 fully saturated rings. The van der Waals surface area contributed by atoms with Crippen LogP contribution in [0.25, 0.3) is 0 Å². The molecule has 3 heterocycles. The lowest BCUT2D eigenvalue weighted by Crippen LogP contribution is -2.26. The first-order chi connectivity index (χ1) is 9.70. The van der Waals surface area contributed by atoms with Gasteiger partial charge >= 0.3 is 0 Å². The Morgan fingerprint density at radius 2 is 2.35 bits per heavy atom. The fourth-order valence-corrected chi connectivity index (χ4v) is 3.05. The number of nitrogens with one attached hydrogen (secondary N) is 1. The number of anilines is 1. The molecule has 9 heteroatoms. The minimum atomic E-state index is -0.0929. The summed E-state index contributed by atoms with van der Waals surface area (Å²) in [5, 5.41) is 15.0. The highest BCUT2D eigenvalue weighted by atomic mass is 32.1. The predicted molar refractivity (Wildman–Crippen MR) is 73.2 cm³/mol. The first-order valence-corrected chi connectivity index (χ1v) is 7.22. The Balaban J connectivity index is 1.60. The van der Waals surface area contributed by atoms with Crippen molar-refractivity contribution in [2.24, 2.45) is 0 Å². The van der Waals surface area contributed by atoms with Gasteiger partial charge in [0.05, 0.1) is 6.54 Å². The molecule has 1 amide bonds. The Morgan fingerprint density at radius 3 is 3.20 bits per heavy atom. The maximum Gasteiger partial charge on any atom is 0.223 e. The second-order valence-corrected chi connectivity index (χ2v) is 5.77. The van der Waals surface area contributed by atoms with Gasteiger partial charge in [-0.15, -0.1) is 16.4 Å². The zero-order chi connectivity index (χ0) is 13.9. The number of amides is 1. The normalized spacial score (nSPS) is 15.7. The van der Waals surface area contributed by atoms with E-state index in [1.165, 1.54) is 18.3 Å². The molecule has 0 saturated carbocycles. The molecule has 0 radical (unpaired) electrons. The first kappa shape index (κ1) is 13.1. The monoisotopic (exact) mass is 293 g/mol. The van der Waals surface area contributed by atoms with E-state index in [-0.39, 0.29) is 5.91 Å². The number of nitrogens with zero attached hydrogens (tertiary/aromatic N) is 6. The van der Waals surface area contributed by atoms with Gasteiger partial charge in [0.15, 0.2) is 11.0 Å². The van der Waals surface area contributed by atoms with Crippen molar-refractivity contribution in [2.45, 2.75) is 26.4 Å². The average Bonchev–Trinajstić information content (AvgIpc) is 2.98. The first-order valence-electron chi connectivity index (χ1n) is 6.40. The van der Waals surface area contributed by atoms with E-state index >= 15 is 0 Å². The molecule has 0 aromatic carbocycles. The molecule has 0 unspecified atom stereocenters. The van der Waals surface area contributed by atoms with Crippen molar-refractivity contribution in [1.29, 1.82) is 0 Å². The summed E-state index contributed by atoms with van der Waals surface area (Å²) in [5.41, 5.74) is 0. The van der Waals surface area contributed by atoms with Crippen LogP contribution in [0.1, 0.15) is 17.6 Å². The lowest BCUT2D eigenvalue weighted by atomic mass is 10.3. The number of thiazole rings is 1. The van der Waals surface area contributed by atoms with E-state index in [2.05, 4.69) is 30.7 Å². The molecule has 8 nitrogen and oxygen atoms in total. The van der Waals surface area contributed by atoms with Crippen LogP contribution in [0, 0.1) is 0 Å². The van der Waals surface area contributed by atoms with Crippen LogP contribution in [0.4, 0.5) is 5.13 Å². The summed E-state index contributed by atoms with van der Waals surface area (Å²) in [7, 11) is 0. The number of fused-ring (bicyclic) bond motifs is 1. The van der Waals surface area contributed by atoms with E-state index in [1.807, 2.05) is 10.9 Å². The molecule has 0 atom stereocenters. The van der Waals surface area contributed by atoms with Crippen LogP contribution in [-0.2, 0) is 24.3 Å². The van der Waals surface area contributed by atoms with E-state index in [1.54, 1.807) is 0 Å². The minimum absolute atomic E-state index is 0.0929. The quantitative estimate of drug-likeness (QED) is 0.866. The van der Waals surface area contributed by atoms with Crippen molar-refractivity contribution in [1.82, 2.24) is 30.1 Å². The number of hydrogen-bond acceptors (Lipinski definition) is 7. The molecular formula is C11H15N7OS. The molecule has 3 rings (SSSR count). The molecular weight excluding hydrogens is 278 g/mol. The van der Waals surface area contributed by atoms with Gasteiger partial charge in [0, 0.05) is 44.1 Å². The summed E-state index contributed by atoms with van der Waals surface area (Å²) >= 11 is 1.51. The van der Waals surface area contributed by atoms with Crippen molar-refractivity contribution in [3.63, 3.8) is 0 Å². The van der Waals surface area contributed by atoms with Crippen LogP contribution < -0.4 is 5.32 Å². The third-order valence-corrected chi connectivity index (χ3v) is 4.00. The number of carbonyl (C=O) groups excluding carboxylic acids is 1. The average molecular weight is 293 g/mol. The third-order valence-electron chi connectivity index (χ3n) is 3.10. The molecule has 2 aromatic heterocycles. The highest BCUT2D eigenvalue weighted by Crippen LogP contribution is 2.20. The number of aromatic nitrogens is 5. The molecule has 0 bridgehead atoms. The van der Waals surface area contributed by atoms with Gasteiger partial charge in [0.1, 0.15) is 0 Å². The van der Waals surface area contributed by atoms with Crippen LogP contribution in [0.5, 0.6) is 0 Å². The van der Waals surface area contributed by atoms with Crippen molar-refractivity contribution < 1.29 is 4.79 Å². The lowest BCUT2D eigenvalue weighted by molar-refractivity contribution is -0.114. The largest absolute Gasteiger partial charge is 0.302 e. The Kier molecular flexibility index (Phi) is 3.70. The van der Waals surface area contributed by atoms with Gasteiger partial charge in [0.25, 0.3) is 0 Å². The third kappa shape index (κ3) is 2.99. The molecule has 1 aliphatic rings. The SMILES string of the molecule is CC(=O)Nc1ncc(CN2CCc3nnnn3CC2)s1. The van der Waals surface area contributed by atoms with Crippen LogP contribution in [-0.4, -0.2) is 49.1 Å². The van der Waals surface area contributed by atoms with Crippen molar-refractivity contribution in [3.05, 3.63) is 16.9 Å². The second-order valence-electron chi connectivity index (χ2n) is 4.66. The Bertz CT molecular complexity index is 585. The predicted octanol–water partition coefficient (Wildman–Crippen LogP) is 0.146. The summed E-state index contributed by atoms with van der Waals surface area (Å²) in [4.78, 5) is 18.6. The molecule has 1 N–H and O–H groups in total. The van der Waals surface area contributed by atoms with Crippen LogP contribution >= 0.6 is 11.3 Å². The summed E-state index contributed by atoms with van der Waals surface area (Å²) in [6.45, 7) is 4.95. The summed E-state index contributed by atoms with van der Waals surface area (Å²) in [5.74, 6) is 0.848. The smallest absolute Gasteiger partial charge is 0.223 e. The van der Waals surface area contributed by atoms with Gasteiger partial charge in [-0.3, -0.25) is 9.69 Å². The van der Waals surface area contributed by atoms with E-state index in [9.17, 15) is 4.79 Å². The number of carbonyl (C=O) groups is 1. The fourth-order valence-electron chi connectivity index (χ4n) is 2.15. The molecule has 0 saturated heterocycles. The van der Waals surface area contributed by atoms with Crippen molar-refractivity contribution in [2.75, 3.05) is 18.4 Å². The van der Waals surface area contributed by atoms with Crippen LogP contribution in [0.2, 0.25) is 0 Å². The maximum atomic E-state index is 11.0. The van der Waals surface area contributed by atoms with Crippen molar-refractivity contribution >= 4 is 22.4 Å². The van der Waals surface area contributed by atoms with E-state index < -0.39 is 0 Å².